The van der Waals surface area contributed by atoms with E-state index in [-0.39, 0.29) is 5.56 Å². The van der Waals surface area contributed by atoms with Crippen molar-refractivity contribution < 1.29 is 23.4 Å². The molecule has 1 aromatic rings. The van der Waals surface area contributed by atoms with E-state index >= 15 is 0 Å². The van der Waals surface area contributed by atoms with Crippen molar-refractivity contribution in [3.63, 3.8) is 0 Å². The number of alkyl halides is 3. The van der Waals surface area contributed by atoms with Crippen molar-refractivity contribution >= 4 is 27.5 Å². The molecule has 0 saturated heterocycles. The summed E-state index contributed by atoms with van der Waals surface area (Å²) in [5, 5.41) is 8.78. The van der Waals surface area contributed by atoms with Crippen LogP contribution in [-0.4, -0.2) is 29.3 Å². The van der Waals surface area contributed by atoms with Gasteiger partial charge in [0.2, 0.25) is 5.78 Å². The lowest BCUT2D eigenvalue weighted by atomic mass is 10.1. The first-order valence-electron chi connectivity index (χ1n) is 4.94. The topological polar surface area (TPSA) is 46.5 Å². The zero-order chi connectivity index (χ0) is 13.8. The lowest BCUT2D eigenvalue weighted by molar-refractivity contribution is -0.134. The van der Waals surface area contributed by atoms with Crippen LogP contribution in [0.25, 0.3) is 5.76 Å². The summed E-state index contributed by atoms with van der Waals surface area (Å²) < 4.78 is 30.8. The monoisotopic (exact) mass is 320 g/mol. The molecule has 98 valence electrons. The molecule has 1 aromatic carbocycles. The van der Waals surface area contributed by atoms with Gasteiger partial charge in [-0.1, -0.05) is 15.9 Å². The van der Waals surface area contributed by atoms with Crippen LogP contribution in [0.4, 0.5) is 8.78 Å². The molecule has 0 atom stereocenters. The Balaban J connectivity index is 2.92. The summed E-state index contributed by atoms with van der Waals surface area (Å²) in [4.78, 5) is 11.2. The number of allylic oxidation sites excluding steroid dienone is 1. The Hall–Kier alpha value is -1.43. The van der Waals surface area contributed by atoms with E-state index in [4.69, 9.17) is 4.74 Å². The van der Waals surface area contributed by atoms with Crippen molar-refractivity contribution in [3.05, 3.63) is 35.9 Å². The van der Waals surface area contributed by atoms with E-state index in [0.717, 1.165) is 0 Å². The molecule has 1 rings (SSSR count). The Morgan fingerprint density at radius 3 is 2.44 bits per heavy atom. The number of aliphatic hydroxyl groups excluding tert-OH is 1. The number of hydrogen-bond acceptors (Lipinski definition) is 3. The molecule has 6 heteroatoms. The predicted molar refractivity (Wildman–Crippen MR) is 67.3 cm³/mol. The van der Waals surface area contributed by atoms with E-state index in [1.165, 1.54) is 19.2 Å². The summed E-state index contributed by atoms with van der Waals surface area (Å²) in [5.74, 6) is -4.93. The molecular formula is C12H11BrF2O3. The SMILES string of the molecule is COc1ccc(/C(O)=C/C(=O)C(F)(F)CBr)cc1. The highest BCUT2D eigenvalue weighted by molar-refractivity contribution is 9.09. The van der Waals surface area contributed by atoms with Gasteiger partial charge in [0.05, 0.1) is 12.4 Å². The fourth-order valence-electron chi connectivity index (χ4n) is 1.14. The maximum atomic E-state index is 13.0. The molecule has 0 aliphatic heterocycles. The molecule has 18 heavy (non-hydrogen) atoms. The van der Waals surface area contributed by atoms with Crippen molar-refractivity contribution in [3.8, 4) is 5.75 Å². The largest absolute Gasteiger partial charge is 0.507 e. The normalized spacial score (nSPS) is 12.3. The number of hydrogen-bond donors (Lipinski definition) is 1. The Labute approximate surface area is 111 Å². The highest BCUT2D eigenvalue weighted by Gasteiger charge is 2.35. The van der Waals surface area contributed by atoms with Crippen LogP contribution in [0.2, 0.25) is 0 Å². The van der Waals surface area contributed by atoms with Crippen LogP contribution < -0.4 is 4.74 Å². The molecule has 1 N–H and O–H groups in total. The maximum Gasteiger partial charge on any atom is 0.318 e. The minimum Gasteiger partial charge on any atom is -0.507 e. The van der Waals surface area contributed by atoms with Gasteiger partial charge in [-0.25, -0.2) is 0 Å². The number of carbonyl (C=O) groups excluding carboxylic acids is 1. The van der Waals surface area contributed by atoms with Gasteiger partial charge in [-0.05, 0) is 24.3 Å². The molecule has 3 nitrogen and oxygen atoms in total. The summed E-state index contributed by atoms with van der Waals surface area (Å²) in [6.07, 6.45) is 0.517. The van der Waals surface area contributed by atoms with Crippen LogP contribution in [0.1, 0.15) is 5.56 Å². The minimum atomic E-state index is -3.53. The number of halogens is 3. The van der Waals surface area contributed by atoms with E-state index < -0.39 is 22.8 Å². The molecule has 0 aromatic heterocycles. The lowest BCUT2D eigenvalue weighted by Crippen LogP contribution is -2.28. The van der Waals surface area contributed by atoms with Gasteiger partial charge in [0.1, 0.15) is 11.5 Å². The van der Waals surface area contributed by atoms with Gasteiger partial charge in [0.25, 0.3) is 0 Å². The average molecular weight is 321 g/mol. The van der Waals surface area contributed by atoms with Crippen LogP contribution in [-0.2, 0) is 4.79 Å². The van der Waals surface area contributed by atoms with Gasteiger partial charge in [0, 0.05) is 11.6 Å². The number of rotatable bonds is 5. The minimum absolute atomic E-state index is 0.259. The van der Waals surface area contributed by atoms with Crippen molar-refractivity contribution in [1.29, 1.82) is 0 Å². The van der Waals surface area contributed by atoms with Crippen LogP contribution >= 0.6 is 15.9 Å². The molecule has 0 fully saturated rings. The molecule has 0 bridgehead atoms. The Kier molecular flexibility index (Phi) is 4.84. The average Bonchev–Trinajstić information content (AvgIpc) is 2.38. The number of aliphatic hydroxyl groups is 1. The van der Waals surface area contributed by atoms with Crippen LogP contribution in [0.3, 0.4) is 0 Å². The number of ether oxygens (including phenoxy) is 1. The van der Waals surface area contributed by atoms with E-state index in [1.807, 2.05) is 0 Å². The molecule has 0 amide bonds. The van der Waals surface area contributed by atoms with Gasteiger partial charge in [-0.2, -0.15) is 8.78 Å². The van der Waals surface area contributed by atoms with Gasteiger partial charge >= 0.3 is 5.92 Å². The first-order valence-corrected chi connectivity index (χ1v) is 6.06. The molecular weight excluding hydrogens is 310 g/mol. The molecule has 0 spiro atoms. The Morgan fingerprint density at radius 2 is 2.00 bits per heavy atom. The van der Waals surface area contributed by atoms with Gasteiger partial charge < -0.3 is 9.84 Å². The Morgan fingerprint density at radius 1 is 1.44 bits per heavy atom. The van der Waals surface area contributed by atoms with Crippen LogP contribution in [0.5, 0.6) is 5.75 Å². The number of methoxy groups -OCH3 is 1. The van der Waals surface area contributed by atoms with Crippen LogP contribution in [0, 0.1) is 0 Å². The van der Waals surface area contributed by atoms with Gasteiger partial charge in [-0.3, -0.25) is 4.79 Å². The predicted octanol–water partition coefficient (Wildman–Crippen LogP) is 3.19. The van der Waals surface area contributed by atoms with Gasteiger partial charge in [0.15, 0.2) is 0 Å². The van der Waals surface area contributed by atoms with Crippen LogP contribution in [0.15, 0.2) is 30.3 Å². The summed E-state index contributed by atoms with van der Waals surface area (Å²) >= 11 is 2.54. The molecule has 0 unspecified atom stereocenters. The quantitative estimate of drug-likeness (QED) is 0.515. The number of ketones is 1. The lowest BCUT2D eigenvalue weighted by Gasteiger charge is -2.09. The summed E-state index contributed by atoms with van der Waals surface area (Å²) in [5.41, 5.74) is 0.259. The highest BCUT2D eigenvalue weighted by Crippen LogP contribution is 2.22. The molecule has 0 aliphatic rings. The fourth-order valence-corrected chi connectivity index (χ4v) is 1.42. The summed E-state index contributed by atoms with van der Waals surface area (Å²) in [6, 6.07) is 6.02. The van der Waals surface area contributed by atoms with Crippen molar-refractivity contribution in [2.75, 3.05) is 12.4 Å². The van der Waals surface area contributed by atoms with E-state index in [0.29, 0.717) is 11.8 Å². The maximum absolute atomic E-state index is 13.0. The van der Waals surface area contributed by atoms with E-state index in [2.05, 4.69) is 15.9 Å². The highest BCUT2D eigenvalue weighted by atomic mass is 79.9. The third-order valence-corrected chi connectivity index (χ3v) is 2.89. The second kappa shape index (κ2) is 5.95. The first-order chi connectivity index (χ1) is 8.40. The number of carbonyl (C=O) groups is 1. The van der Waals surface area contributed by atoms with Crippen molar-refractivity contribution in [2.24, 2.45) is 0 Å². The van der Waals surface area contributed by atoms with Crippen molar-refractivity contribution in [2.45, 2.75) is 5.92 Å². The zero-order valence-electron chi connectivity index (χ0n) is 9.49. The van der Waals surface area contributed by atoms with Crippen molar-refractivity contribution in [1.82, 2.24) is 0 Å². The standard InChI is InChI=1S/C12H11BrF2O3/c1-18-9-4-2-8(3-5-9)10(16)6-11(17)12(14,15)7-13/h2-6,16H,7H2,1H3/b10-6-. The Bertz CT molecular complexity index is 455. The summed E-state index contributed by atoms with van der Waals surface area (Å²) in [7, 11) is 1.48. The summed E-state index contributed by atoms with van der Waals surface area (Å²) in [6.45, 7) is 0. The fraction of sp³-hybridized carbons (Fsp3) is 0.250. The number of benzene rings is 1. The van der Waals surface area contributed by atoms with E-state index in [9.17, 15) is 18.7 Å². The third-order valence-electron chi connectivity index (χ3n) is 2.18. The smallest absolute Gasteiger partial charge is 0.318 e. The molecule has 0 radical (unpaired) electrons. The molecule has 0 heterocycles. The first kappa shape index (κ1) is 14.6. The molecule has 0 saturated carbocycles. The second-order valence-electron chi connectivity index (χ2n) is 3.46. The second-order valence-corrected chi connectivity index (χ2v) is 4.02. The zero-order valence-corrected chi connectivity index (χ0v) is 11.1. The third kappa shape index (κ3) is 3.53. The van der Waals surface area contributed by atoms with Gasteiger partial charge in [-0.15, -0.1) is 0 Å². The molecule has 0 aliphatic carbocycles. The van der Waals surface area contributed by atoms with E-state index in [1.54, 1.807) is 12.1 Å².